The lowest BCUT2D eigenvalue weighted by atomic mass is 10.2. The van der Waals surface area contributed by atoms with Crippen LogP contribution in [0.15, 0.2) is 48.5 Å². The Kier molecular flexibility index (Phi) is 6.38. The van der Waals surface area contributed by atoms with Crippen LogP contribution >= 0.6 is 0 Å². The van der Waals surface area contributed by atoms with E-state index in [1.54, 1.807) is 39.3 Å². The van der Waals surface area contributed by atoms with E-state index >= 15 is 0 Å². The van der Waals surface area contributed by atoms with Gasteiger partial charge in [-0.25, -0.2) is 0 Å². The quantitative estimate of drug-likeness (QED) is 0.618. The molecule has 0 aliphatic carbocycles. The monoisotopic (exact) mass is 354 g/mol. The van der Waals surface area contributed by atoms with Crippen molar-refractivity contribution in [3.05, 3.63) is 59.7 Å². The topological polar surface area (TPSA) is 78.9 Å². The molecule has 2 aromatic carbocycles. The summed E-state index contributed by atoms with van der Waals surface area (Å²) in [5.41, 5.74) is 2.17. The number of phenolic OH excluding ortho intramolecular Hbond substituents is 1. The zero-order chi connectivity index (χ0) is 19.1. The summed E-state index contributed by atoms with van der Waals surface area (Å²) in [6.45, 7) is 1.70. The average molecular weight is 354 g/mol. The number of hydrogen-bond donors (Lipinski definition) is 2. The van der Waals surface area contributed by atoms with Crippen LogP contribution < -0.4 is 10.1 Å². The van der Waals surface area contributed by atoms with Gasteiger partial charge in [-0.2, -0.15) is 0 Å². The molecule has 6 heteroatoms. The van der Waals surface area contributed by atoms with E-state index in [2.05, 4.69) is 5.32 Å². The number of methoxy groups -OCH3 is 1. The number of nitrogens with one attached hydrogen (secondary N) is 1. The van der Waals surface area contributed by atoms with Gasteiger partial charge in [-0.1, -0.05) is 12.1 Å². The van der Waals surface area contributed by atoms with Crippen molar-refractivity contribution in [3.8, 4) is 11.5 Å². The van der Waals surface area contributed by atoms with E-state index in [0.717, 1.165) is 11.1 Å². The molecule has 2 aromatic rings. The second kappa shape index (κ2) is 8.71. The van der Waals surface area contributed by atoms with Gasteiger partial charge in [0.15, 0.2) is 0 Å². The summed E-state index contributed by atoms with van der Waals surface area (Å²) in [5, 5.41) is 12.1. The number of benzene rings is 2. The largest absolute Gasteiger partial charge is 0.508 e. The molecule has 0 aromatic heterocycles. The summed E-state index contributed by atoms with van der Waals surface area (Å²) in [6.07, 6.45) is 3.08. The van der Waals surface area contributed by atoms with Gasteiger partial charge >= 0.3 is 0 Å². The molecule has 2 rings (SSSR count). The van der Waals surface area contributed by atoms with Crippen LogP contribution in [0.5, 0.6) is 11.5 Å². The summed E-state index contributed by atoms with van der Waals surface area (Å²) >= 11 is 0. The maximum absolute atomic E-state index is 12.2. The van der Waals surface area contributed by atoms with Crippen molar-refractivity contribution in [3.63, 3.8) is 0 Å². The maximum Gasteiger partial charge on any atom is 0.246 e. The molecule has 6 nitrogen and oxygen atoms in total. The first-order valence-corrected chi connectivity index (χ1v) is 8.05. The molecule has 0 unspecified atom stereocenters. The van der Waals surface area contributed by atoms with Crippen LogP contribution in [0.25, 0.3) is 6.08 Å². The van der Waals surface area contributed by atoms with Crippen LogP contribution in [0, 0.1) is 6.92 Å². The number of phenols is 1. The zero-order valence-corrected chi connectivity index (χ0v) is 15.0. The molecule has 2 N–H and O–H groups in total. The number of ether oxygens (including phenoxy) is 1. The van der Waals surface area contributed by atoms with E-state index in [-0.39, 0.29) is 24.1 Å². The molecular weight excluding hydrogens is 332 g/mol. The van der Waals surface area contributed by atoms with Gasteiger partial charge in [0.25, 0.3) is 0 Å². The third-order valence-electron chi connectivity index (χ3n) is 3.75. The highest BCUT2D eigenvalue weighted by Gasteiger charge is 2.12. The van der Waals surface area contributed by atoms with E-state index < -0.39 is 0 Å². The molecule has 0 radical (unpaired) electrons. The van der Waals surface area contributed by atoms with Gasteiger partial charge in [0.05, 0.1) is 13.7 Å². The van der Waals surface area contributed by atoms with Gasteiger partial charge in [0.2, 0.25) is 11.8 Å². The molecule has 26 heavy (non-hydrogen) atoms. The SMILES string of the molecule is COc1cccc(/C=C/C(=O)N(C)CC(=O)Nc2ccc(O)cc2C)c1. The van der Waals surface area contributed by atoms with E-state index in [9.17, 15) is 14.7 Å². The lowest BCUT2D eigenvalue weighted by molar-refractivity contribution is -0.129. The van der Waals surface area contributed by atoms with Gasteiger partial charge in [-0.05, 0) is 54.5 Å². The molecule has 136 valence electrons. The second-order valence-electron chi connectivity index (χ2n) is 5.85. The predicted octanol–water partition coefficient (Wildman–Crippen LogP) is 2.82. The first-order valence-electron chi connectivity index (χ1n) is 8.05. The zero-order valence-electron chi connectivity index (χ0n) is 15.0. The summed E-state index contributed by atoms with van der Waals surface area (Å²) in [4.78, 5) is 25.6. The Labute approximate surface area is 152 Å². The number of anilines is 1. The Morgan fingerprint density at radius 3 is 2.69 bits per heavy atom. The highest BCUT2D eigenvalue weighted by Crippen LogP contribution is 2.20. The average Bonchev–Trinajstić information content (AvgIpc) is 2.62. The minimum atomic E-state index is -0.315. The van der Waals surface area contributed by atoms with Crippen molar-refractivity contribution < 1.29 is 19.4 Å². The molecule has 0 heterocycles. The van der Waals surface area contributed by atoms with Gasteiger partial charge in [-0.15, -0.1) is 0 Å². The summed E-state index contributed by atoms with van der Waals surface area (Å²) in [6, 6.07) is 12.0. The molecule has 2 amide bonds. The van der Waals surface area contributed by atoms with E-state index in [1.165, 1.54) is 17.0 Å². The predicted molar refractivity (Wildman–Crippen MR) is 101 cm³/mol. The number of likely N-dealkylation sites (N-methyl/N-ethyl adjacent to an activating group) is 1. The molecule has 0 aliphatic rings. The third kappa shape index (κ3) is 5.37. The molecule has 0 saturated carbocycles. The lowest BCUT2D eigenvalue weighted by Gasteiger charge is -2.15. The number of amides is 2. The number of aromatic hydroxyl groups is 1. The highest BCUT2D eigenvalue weighted by molar-refractivity contribution is 5.98. The van der Waals surface area contributed by atoms with Crippen molar-refractivity contribution in [1.29, 1.82) is 0 Å². The van der Waals surface area contributed by atoms with Crippen molar-refractivity contribution in [1.82, 2.24) is 4.90 Å². The fourth-order valence-electron chi connectivity index (χ4n) is 2.31. The van der Waals surface area contributed by atoms with E-state index in [0.29, 0.717) is 11.4 Å². The van der Waals surface area contributed by atoms with Gasteiger partial charge in [-0.3, -0.25) is 9.59 Å². The third-order valence-corrected chi connectivity index (χ3v) is 3.75. The highest BCUT2D eigenvalue weighted by atomic mass is 16.5. The van der Waals surface area contributed by atoms with Crippen molar-refractivity contribution in [2.45, 2.75) is 6.92 Å². The standard InChI is InChI=1S/C20H22N2O4/c1-14-11-16(23)8-9-18(14)21-19(24)13-22(2)20(25)10-7-15-5-4-6-17(12-15)26-3/h4-12,23H,13H2,1-3H3,(H,21,24)/b10-7+. The van der Waals surface area contributed by atoms with Crippen LogP contribution in [0.1, 0.15) is 11.1 Å². The van der Waals surface area contributed by atoms with Crippen LogP contribution in [-0.4, -0.2) is 42.5 Å². The van der Waals surface area contributed by atoms with Gasteiger partial charge in [0, 0.05) is 18.8 Å². The fraction of sp³-hybridized carbons (Fsp3) is 0.200. The fourth-order valence-corrected chi connectivity index (χ4v) is 2.31. The van der Waals surface area contributed by atoms with E-state index in [1.807, 2.05) is 24.3 Å². The van der Waals surface area contributed by atoms with Crippen LogP contribution in [0.4, 0.5) is 5.69 Å². The van der Waals surface area contributed by atoms with Crippen molar-refractivity contribution in [2.24, 2.45) is 0 Å². The first kappa shape index (κ1) is 19.1. The number of carbonyl (C=O) groups excluding carboxylic acids is 2. The Morgan fingerprint density at radius 1 is 1.23 bits per heavy atom. The normalized spacial score (nSPS) is 10.6. The smallest absolute Gasteiger partial charge is 0.246 e. The maximum atomic E-state index is 12.2. The lowest BCUT2D eigenvalue weighted by Crippen LogP contribution is -2.34. The number of aryl methyl sites for hydroxylation is 1. The van der Waals surface area contributed by atoms with Crippen LogP contribution in [0.3, 0.4) is 0 Å². The minimum absolute atomic E-state index is 0.0817. The summed E-state index contributed by atoms with van der Waals surface area (Å²) < 4.78 is 5.14. The molecule has 0 saturated heterocycles. The molecule has 0 bridgehead atoms. The Balaban J connectivity index is 1.93. The number of rotatable bonds is 6. The molecule has 0 aliphatic heterocycles. The summed E-state index contributed by atoms with van der Waals surface area (Å²) in [7, 11) is 3.14. The number of hydrogen-bond acceptors (Lipinski definition) is 4. The summed E-state index contributed by atoms with van der Waals surface area (Å²) in [5.74, 6) is 0.238. The second-order valence-corrected chi connectivity index (χ2v) is 5.85. The Hall–Kier alpha value is -3.28. The van der Waals surface area contributed by atoms with Crippen LogP contribution in [0.2, 0.25) is 0 Å². The minimum Gasteiger partial charge on any atom is -0.508 e. The van der Waals surface area contributed by atoms with Crippen LogP contribution in [-0.2, 0) is 9.59 Å². The van der Waals surface area contributed by atoms with Crippen molar-refractivity contribution >= 4 is 23.6 Å². The molecule has 0 atom stereocenters. The molecular formula is C20H22N2O4. The van der Waals surface area contributed by atoms with Gasteiger partial charge in [0.1, 0.15) is 11.5 Å². The van der Waals surface area contributed by atoms with E-state index in [4.69, 9.17) is 4.74 Å². The first-order chi connectivity index (χ1) is 12.4. The Morgan fingerprint density at radius 2 is 2.00 bits per heavy atom. The number of nitrogens with zero attached hydrogens (tertiary/aromatic N) is 1. The molecule has 0 fully saturated rings. The number of carbonyl (C=O) groups is 2. The Bertz CT molecular complexity index is 830. The molecule has 0 spiro atoms. The van der Waals surface area contributed by atoms with Gasteiger partial charge < -0.3 is 20.1 Å². The van der Waals surface area contributed by atoms with Crippen molar-refractivity contribution in [2.75, 3.05) is 26.0 Å².